The van der Waals surface area contributed by atoms with Gasteiger partial charge in [0, 0.05) is 4.90 Å². The Morgan fingerprint density at radius 2 is 2.00 bits per heavy atom. The lowest BCUT2D eigenvalue weighted by molar-refractivity contribution is 0.0722. The van der Waals surface area contributed by atoms with Crippen molar-refractivity contribution in [3.63, 3.8) is 0 Å². The lowest BCUT2D eigenvalue weighted by Crippen LogP contribution is -2.03. The average Bonchev–Trinajstić information content (AvgIpc) is 2.91. The van der Waals surface area contributed by atoms with Crippen LogP contribution in [0.25, 0.3) is 11.0 Å². The normalized spacial score (nSPS) is 11.3. The molecule has 0 saturated heterocycles. The maximum absolute atomic E-state index is 13.3. The number of methoxy groups -OCH3 is 1. The van der Waals surface area contributed by atoms with Crippen LogP contribution in [-0.4, -0.2) is 16.7 Å². The summed E-state index contributed by atoms with van der Waals surface area (Å²) in [5.41, 5.74) is 1.04. The second kappa shape index (κ2) is 6.36. The van der Waals surface area contributed by atoms with E-state index in [-0.39, 0.29) is 0 Å². The molecule has 3 nitrogen and oxygen atoms in total. The SMILES string of the molecule is COc1cccc(SCc2nc3ccccc3n2C(F)F)c1. The van der Waals surface area contributed by atoms with Gasteiger partial charge in [-0.15, -0.1) is 11.8 Å². The lowest BCUT2D eigenvalue weighted by Gasteiger charge is -2.08. The molecule has 3 aromatic rings. The van der Waals surface area contributed by atoms with E-state index in [9.17, 15) is 8.78 Å². The minimum absolute atomic E-state index is 0.365. The lowest BCUT2D eigenvalue weighted by atomic mass is 10.3. The summed E-state index contributed by atoms with van der Waals surface area (Å²) in [6.07, 6.45) is 0. The van der Waals surface area contributed by atoms with Crippen LogP contribution < -0.4 is 4.74 Å². The topological polar surface area (TPSA) is 27.1 Å². The Morgan fingerprint density at radius 1 is 1.18 bits per heavy atom. The molecule has 2 aromatic carbocycles. The van der Waals surface area contributed by atoms with Crippen molar-refractivity contribution in [1.82, 2.24) is 9.55 Å². The summed E-state index contributed by atoms with van der Waals surface area (Å²) in [6, 6.07) is 14.5. The number of hydrogen-bond donors (Lipinski definition) is 0. The number of ether oxygens (including phenoxy) is 1. The zero-order valence-corrected chi connectivity index (χ0v) is 12.7. The second-order valence-corrected chi connectivity index (χ2v) is 5.68. The summed E-state index contributed by atoms with van der Waals surface area (Å²) >= 11 is 1.45. The van der Waals surface area contributed by atoms with E-state index in [1.165, 1.54) is 11.8 Å². The molecular formula is C16H14F2N2OS. The van der Waals surface area contributed by atoms with E-state index in [1.54, 1.807) is 31.4 Å². The molecule has 3 rings (SSSR count). The summed E-state index contributed by atoms with van der Waals surface area (Å²) in [5.74, 6) is 1.48. The fourth-order valence-electron chi connectivity index (χ4n) is 2.25. The molecule has 0 amide bonds. The molecule has 0 aliphatic heterocycles. The molecule has 0 saturated carbocycles. The van der Waals surface area contributed by atoms with E-state index in [0.29, 0.717) is 22.6 Å². The molecule has 1 heterocycles. The Hall–Kier alpha value is -2.08. The molecule has 6 heteroatoms. The molecule has 0 radical (unpaired) electrons. The van der Waals surface area contributed by atoms with Crippen LogP contribution in [0.3, 0.4) is 0 Å². The standard InChI is InChI=1S/C16H14F2N2OS/c1-21-11-5-4-6-12(9-11)22-10-15-19-13-7-2-3-8-14(13)20(15)16(17)18/h2-9,16H,10H2,1H3. The minimum Gasteiger partial charge on any atom is -0.497 e. The molecule has 22 heavy (non-hydrogen) atoms. The number of nitrogens with zero attached hydrogens (tertiary/aromatic N) is 2. The Bertz CT molecular complexity index is 789. The van der Waals surface area contributed by atoms with E-state index < -0.39 is 6.55 Å². The molecule has 0 unspecified atom stereocenters. The number of rotatable bonds is 5. The van der Waals surface area contributed by atoms with Gasteiger partial charge in [-0.3, -0.25) is 4.57 Å². The summed E-state index contributed by atoms with van der Waals surface area (Å²) in [4.78, 5) is 5.27. The summed E-state index contributed by atoms with van der Waals surface area (Å²) in [7, 11) is 1.60. The largest absolute Gasteiger partial charge is 0.497 e. The average molecular weight is 320 g/mol. The number of halogens is 2. The molecular weight excluding hydrogens is 306 g/mol. The quantitative estimate of drug-likeness (QED) is 0.636. The maximum Gasteiger partial charge on any atom is 0.320 e. The van der Waals surface area contributed by atoms with Crippen molar-refractivity contribution >= 4 is 22.8 Å². The van der Waals surface area contributed by atoms with Gasteiger partial charge in [0.1, 0.15) is 11.6 Å². The molecule has 0 aliphatic carbocycles. The van der Waals surface area contributed by atoms with Gasteiger partial charge in [-0.1, -0.05) is 18.2 Å². The van der Waals surface area contributed by atoms with E-state index in [0.717, 1.165) is 15.2 Å². The number of thioether (sulfide) groups is 1. The number of aromatic nitrogens is 2. The van der Waals surface area contributed by atoms with Gasteiger partial charge >= 0.3 is 6.55 Å². The Balaban J connectivity index is 1.88. The summed E-state index contributed by atoms with van der Waals surface area (Å²) < 4.78 is 32.8. The first-order valence-electron chi connectivity index (χ1n) is 6.70. The van der Waals surface area contributed by atoms with E-state index >= 15 is 0 Å². The molecule has 0 atom stereocenters. The van der Waals surface area contributed by atoms with Crippen molar-refractivity contribution in [3.05, 3.63) is 54.4 Å². The first-order chi connectivity index (χ1) is 10.7. The van der Waals surface area contributed by atoms with Crippen molar-refractivity contribution in [2.45, 2.75) is 17.2 Å². The van der Waals surface area contributed by atoms with E-state index in [2.05, 4.69) is 4.98 Å². The van der Waals surface area contributed by atoms with Gasteiger partial charge in [-0.05, 0) is 30.3 Å². The van der Waals surface area contributed by atoms with Gasteiger partial charge in [0.15, 0.2) is 0 Å². The van der Waals surface area contributed by atoms with Crippen molar-refractivity contribution in [2.75, 3.05) is 7.11 Å². The van der Waals surface area contributed by atoms with Crippen LogP contribution in [-0.2, 0) is 5.75 Å². The highest BCUT2D eigenvalue weighted by Gasteiger charge is 2.17. The van der Waals surface area contributed by atoms with Crippen molar-refractivity contribution in [3.8, 4) is 5.75 Å². The summed E-state index contributed by atoms with van der Waals surface area (Å²) in [5, 5.41) is 0. The fourth-order valence-corrected chi connectivity index (χ4v) is 3.13. The van der Waals surface area contributed by atoms with Gasteiger partial charge in [0.05, 0.1) is 23.9 Å². The van der Waals surface area contributed by atoms with Crippen LogP contribution in [0.2, 0.25) is 0 Å². The number of benzene rings is 2. The Labute approximate surface area is 130 Å². The highest BCUT2D eigenvalue weighted by molar-refractivity contribution is 7.98. The van der Waals surface area contributed by atoms with Gasteiger partial charge in [-0.25, -0.2) is 4.98 Å². The maximum atomic E-state index is 13.3. The number of fused-ring (bicyclic) bond motifs is 1. The third kappa shape index (κ3) is 2.92. The highest BCUT2D eigenvalue weighted by atomic mass is 32.2. The second-order valence-electron chi connectivity index (χ2n) is 4.63. The third-order valence-electron chi connectivity index (χ3n) is 3.27. The third-order valence-corrected chi connectivity index (χ3v) is 4.26. The highest BCUT2D eigenvalue weighted by Crippen LogP contribution is 2.29. The van der Waals surface area contributed by atoms with Crippen LogP contribution in [0, 0.1) is 0 Å². The molecule has 114 valence electrons. The van der Waals surface area contributed by atoms with Crippen molar-refractivity contribution < 1.29 is 13.5 Å². The number of imidazole rings is 1. The monoisotopic (exact) mass is 320 g/mol. The van der Waals surface area contributed by atoms with Crippen molar-refractivity contribution in [1.29, 1.82) is 0 Å². The predicted octanol–water partition coefficient (Wildman–Crippen LogP) is 4.73. The zero-order valence-electron chi connectivity index (χ0n) is 11.9. The Kier molecular flexibility index (Phi) is 4.29. The van der Waals surface area contributed by atoms with Crippen LogP contribution in [0.1, 0.15) is 12.4 Å². The predicted molar refractivity (Wildman–Crippen MR) is 83.5 cm³/mol. The van der Waals surface area contributed by atoms with Crippen molar-refractivity contribution in [2.24, 2.45) is 0 Å². The van der Waals surface area contributed by atoms with Crippen LogP contribution in [0.5, 0.6) is 5.75 Å². The van der Waals surface area contributed by atoms with E-state index in [1.807, 2.05) is 24.3 Å². The minimum atomic E-state index is -2.60. The van der Waals surface area contributed by atoms with Gasteiger partial charge in [0.25, 0.3) is 0 Å². The van der Waals surface area contributed by atoms with E-state index in [4.69, 9.17) is 4.74 Å². The first-order valence-corrected chi connectivity index (χ1v) is 7.68. The number of para-hydroxylation sites is 2. The first kappa shape index (κ1) is 14.8. The van der Waals surface area contributed by atoms with Gasteiger partial charge in [-0.2, -0.15) is 8.78 Å². The Morgan fingerprint density at radius 3 is 2.77 bits per heavy atom. The van der Waals surface area contributed by atoms with Gasteiger partial charge < -0.3 is 4.74 Å². The number of alkyl halides is 2. The van der Waals surface area contributed by atoms with Crippen LogP contribution in [0.15, 0.2) is 53.4 Å². The number of hydrogen-bond acceptors (Lipinski definition) is 3. The molecule has 0 fully saturated rings. The summed E-state index contributed by atoms with van der Waals surface area (Å²) in [6.45, 7) is -2.60. The molecule has 0 N–H and O–H groups in total. The zero-order chi connectivity index (χ0) is 15.5. The van der Waals surface area contributed by atoms with Gasteiger partial charge in [0.2, 0.25) is 0 Å². The molecule has 0 bridgehead atoms. The molecule has 1 aromatic heterocycles. The van der Waals surface area contributed by atoms with Crippen LogP contribution in [0.4, 0.5) is 8.78 Å². The van der Waals surface area contributed by atoms with Crippen LogP contribution >= 0.6 is 11.8 Å². The smallest absolute Gasteiger partial charge is 0.320 e. The molecule has 0 spiro atoms. The fraction of sp³-hybridized carbons (Fsp3) is 0.188. The molecule has 0 aliphatic rings.